The Bertz CT molecular complexity index is 879. The van der Waals surface area contributed by atoms with E-state index in [1.165, 1.54) is 0 Å². The van der Waals surface area contributed by atoms with Gasteiger partial charge in [0.2, 0.25) is 0 Å². The van der Waals surface area contributed by atoms with E-state index < -0.39 is 5.91 Å². The zero-order chi connectivity index (χ0) is 17.1. The summed E-state index contributed by atoms with van der Waals surface area (Å²) in [7, 11) is 0. The minimum Gasteiger partial charge on any atom is -0.321 e. The Labute approximate surface area is 139 Å². The summed E-state index contributed by atoms with van der Waals surface area (Å²) in [6.45, 7) is 2.33. The molecule has 1 N–H and O–H groups in total. The highest BCUT2D eigenvalue weighted by Crippen LogP contribution is 2.38. The van der Waals surface area contributed by atoms with Gasteiger partial charge >= 0.3 is 0 Å². The molecule has 118 valence electrons. The number of para-hydroxylation sites is 2. The zero-order valence-corrected chi connectivity index (χ0v) is 13.1. The molecular weight excluding hydrogens is 302 g/mol. The number of benzene rings is 2. The average Bonchev–Trinajstić information content (AvgIpc) is 2.88. The third kappa shape index (κ3) is 2.55. The average molecular weight is 317 g/mol. The number of likely N-dealkylation sites (N-methyl/N-ethyl adjacent to an activating group) is 1. The smallest absolute Gasteiger partial charge is 0.267 e. The van der Waals surface area contributed by atoms with E-state index in [4.69, 9.17) is 0 Å². The molecule has 1 heterocycles. The van der Waals surface area contributed by atoms with E-state index in [2.05, 4.69) is 5.32 Å². The van der Waals surface area contributed by atoms with Gasteiger partial charge in [-0.25, -0.2) is 0 Å². The molecule has 0 atom stereocenters. The topological polar surface area (TPSA) is 73.2 Å². The summed E-state index contributed by atoms with van der Waals surface area (Å²) in [6.07, 6.45) is 0. The number of nitriles is 1. The molecule has 24 heavy (non-hydrogen) atoms. The molecule has 0 spiro atoms. The summed E-state index contributed by atoms with van der Waals surface area (Å²) in [5.41, 5.74) is 1.89. The van der Waals surface area contributed by atoms with Crippen molar-refractivity contribution in [2.75, 3.05) is 16.8 Å². The standard InChI is InChI=1S/C19H15N3O2/c1-2-22-16-11-7-6-10-14(16)17(19(22)24)15(12-20)18(23)21-13-8-4-3-5-9-13/h3-11H,2H2,1H3,(H,21,23). The molecule has 5 nitrogen and oxygen atoms in total. The summed E-state index contributed by atoms with van der Waals surface area (Å²) in [4.78, 5) is 26.8. The monoisotopic (exact) mass is 317 g/mol. The number of carbonyl (C=O) groups is 2. The van der Waals surface area contributed by atoms with E-state index in [1.807, 2.05) is 31.2 Å². The summed E-state index contributed by atoms with van der Waals surface area (Å²) in [6, 6.07) is 17.9. The normalized spacial score (nSPS) is 14.8. The third-order valence-electron chi connectivity index (χ3n) is 3.86. The number of amides is 2. The fraction of sp³-hybridized carbons (Fsp3) is 0.105. The highest BCUT2D eigenvalue weighted by Gasteiger charge is 2.35. The van der Waals surface area contributed by atoms with Crippen LogP contribution in [-0.2, 0) is 9.59 Å². The molecule has 1 aliphatic heterocycles. The summed E-state index contributed by atoms with van der Waals surface area (Å²) in [5.74, 6) is -0.904. The minimum atomic E-state index is -0.584. The molecule has 0 radical (unpaired) electrons. The van der Waals surface area contributed by atoms with Gasteiger partial charge in [0.15, 0.2) is 0 Å². The summed E-state index contributed by atoms with van der Waals surface area (Å²) < 4.78 is 0. The second kappa shape index (κ2) is 6.39. The van der Waals surface area contributed by atoms with Crippen molar-refractivity contribution < 1.29 is 9.59 Å². The van der Waals surface area contributed by atoms with Crippen LogP contribution in [0.25, 0.3) is 5.57 Å². The first-order valence-corrected chi connectivity index (χ1v) is 7.59. The molecule has 2 amide bonds. The Morgan fingerprint density at radius 3 is 2.46 bits per heavy atom. The number of fused-ring (bicyclic) bond motifs is 1. The predicted molar refractivity (Wildman–Crippen MR) is 92.1 cm³/mol. The van der Waals surface area contributed by atoms with Crippen LogP contribution in [0.2, 0.25) is 0 Å². The molecule has 0 fully saturated rings. The van der Waals surface area contributed by atoms with Crippen LogP contribution in [0.3, 0.4) is 0 Å². The molecule has 3 rings (SSSR count). The van der Waals surface area contributed by atoms with Gasteiger partial charge in [-0.3, -0.25) is 9.59 Å². The lowest BCUT2D eigenvalue weighted by Gasteiger charge is -2.13. The van der Waals surface area contributed by atoms with Gasteiger partial charge in [0.1, 0.15) is 11.6 Å². The lowest BCUT2D eigenvalue weighted by atomic mass is 10.0. The van der Waals surface area contributed by atoms with E-state index in [0.717, 1.165) is 5.69 Å². The molecule has 5 heteroatoms. The number of nitrogens with one attached hydrogen (secondary N) is 1. The van der Waals surface area contributed by atoms with Crippen LogP contribution in [0.15, 0.2) is 60.2 Å². The Morgan fingerprint density at radius 2 is 1.79 bits per heavy atom. The van der Waals surface area contributed by atoms with Crippen LogP contribution in [-0.4, -0.2) is 18.4 Å². The maximum absolute atomic E-state index is 12.7. The fourth-order valence-corrected chi connectivity index (χ4v) is 2.77. The fourth-order valence-electron chi connectivity index (χ4n) is 2.77. The van der Waals surface area contributed by atoms with Gasteiger partial charge in [-0.1, -0.05) is 36.4 Å². The Balaban J connectivity index is 2.07. The maximum atomic E-state index is 12.7. The second-order valence-electron chi connectivity index (χ2n) is 5.25. The highest BCUT2D eigenvalue weighted by atomic mass is 16.2. The Morgan fingerprint density at radius 1 is 1.12 bits per heavy atom. The van der Waals surface area contributed by atoms with Gasteiger partial charge < -0.3 is 10.2 Å². The van der Waals surface area contributed by atoms with Gasteiger partial charge in [-0.15, -0.1) is 0 Å². The number of carbonyl (C=O) groups excluding carboxylic acids is 2. The van der Waals surface area contributed by atoms with Crippen molar-refractivity contribution in [3.63, 3.8) is 0 Å². The van der Waals surface area contributed by atoms with Crippen LogP contribution in [0, 0.1) is 11.3 Å². The first-order valence-electron chi connectivity index (χ1n) is 7.59. The number of hydrogen-bond donors (Lipinski definition) is 1. The van der Waals surface area contributed by atoms with Crippen molar-refractivity contribution >= 4 is 28.8 Å². The number of nitrogens with zero attached hydrogens (tertiary/aromatic N) is 2. The lowest BCUT2D eigenvalue weighted by Crippen LogP contribution is -2.27. The van der Waals surface area contributed by atoms with Crippen LogP contribution >= 0.6 is 0 Å². The summed E-state index contributed by atoms with van der Waals surface area (Å²) >= 11 is 0. The minimum absolute atomic E-state index is 0.156. The molecule has 0 aliphatic carbocycles. The highest BCUT2D eigenvalue weighted by molar-refractivity contribution is 6.37. The zero-order valence-electron chi connectivity index (χ0n) is 13.1. The molecule has 1 aliphatic rings. The molecular formula is C19H15N3O2. The van der Waals surface area contributed by atoms with Gasteiger partial charge in [0, 0.05) is 17.8 Å². The SMILES string of the molecule is CCN1C(=O)C(=C(C#N)C(=O)Nc2ccccc2)c2ccccc21. The molecule has 2 aromatic carbocycles. The lowest BCUT2D eigenvalue weighted by molar-refractivity contribution is -0.114. The summed E-state index contributed by atoms with van der Waals surface area (Å²) in [5, 5.41) is 12.2. The molecule has 0 bridgehead atoms. The third-order valence-corrected chi connectivity index (χ3v) is 3.86. The van der Waals surface area contributed by atoms with Gasteiger partial charge in [-0.2, -0.15) is 5.26 Å². The molecule has 0 aromatic heterocycles. The van der Waals surface area contributed by atoms with Crippen molar-refractivity contribution in [2.45, 2.75) is 6.92 Å². The van der Waals surface area contributed by atoms with Crippen molar-refractivity contribution in [1.82, 2.24) is 0 Å². The van der Waals surface area contributed by atoms with Gasteiger partial charge in [-0.05, 0) is 25.1 Å². The molecule has 2 aromatic rings. The maximum Gasteiger partial charge on any atom is 0.267 e. The van der Waals surface area contributed by atoms with Crippen LogP contribution in [0.4, 0.5) is 11.4 Å². The first kappa shape index (κ1) is 15.5. The number of rotatable bonds is 3. The van der Waals surface area contributed by atoms with E-state index in [1.54, 1.807) is 41.3 Å². The Kier molecular flexibility index (Phi) is 4.13. The van der Waals surface area contributed by atoms with Crippen molar-refractivity contribution in [3.8, 4) is 6.07 Å². The predicted octanol–water partition coefficient (Wildman–Crippen LogP) is 2.97. The van der Waals surface area contributed by atoms with Crippen molar-refractivity contribution in [2.24, 2.45) is 0 Å². The van der Waals surface area contributed by atoms with Crippen LogP contribution in [0.5, 0.6) is 0 Å². The van der Waals surface area contributed by atoms with Crippen molar-refractivity contribution in [3.05, 3.63) is 65.7 Å². The van der Waals surface area contributed by atoms with Gasteiger partial charge in [0.05, 0.1) is 11.3 Å². The molecule has 0 unspecified atom stereocenters. The second-order valence-corrected chi connectivity index (χ2v) is 5.25. The quantitative estimate of drug-likeness (QED) is 0.698. The van der Waals surface area contributed by atoms with Crippen LogP contribution < -0.4 is 10.2 Å². The molecule has 0 saturated carbocycles. The van der Waals surface area contributed by atoms with E-state index in [-0.39, 0.29) is 17.1 Å². The number of anilines is 2. The van der Waals surface area contributed by atoms with E-state index >= 15 is 0 Å². The van der Waals surface area contributed by atoms with Crippen molar-refractivity contribution in [1.29, 1.82) is 5.26 Å². The van der Waals surface area contributed by atoms with E-state index in [9.17, 15) is 14.9 Å². The number of hydrogen-bond acceptors (Lipinski definition) is 3. The Hall–Kier alpha value is -3.39. The largest absolute Gasteiger partial charge is 0.321 e. The van der Waals surface area contributed by atoms with Gasteiger partial charge in [0.25, 0.3) is 11.8 Å². The molecule has 0 saturated heterocycles. The van der Waals surface area contributed by atoms with E-state index in [0.29, 0.717) is 17.8 Å². The van der Waals surface area contributed by atoms with Crippen LogP contribution in [0.1, 0.15) is 12.5 Å². The first-order chi connectivity index (χ1) is 11.7.